The molecule has 15 heavy (non-hydrogen) atoms. The fraction of sp³-hybridized carbons (Fsp3) is 0.0909. The lowest BCUT2D eigenvalue weighted by Crippen LogP contribution is -2.06. The molecular weight excluding hydrogens is 190 g/mol. The Morgan fingerprint density at radius 2 is 2.27 bits per heavy atom. The largest absolute Gasteiger partial charge is 0.399 e. The van der Waals surface area contributed by atoms with Crippen molar-refractivity contribution in [2.24, 2.45) is 7.05 Å². The molecule has 0 saturated heterocycles. The second-order valence-corrected chi connectivity index (χ2v) is 3.34. The van der Waals surface area contributed by atoms with Crippen LogP contribution in [0.4, 0.5) is 5.69 Å². The number of hydrogen-bond donors (Lipinski definition) is 1. The van der Waals surface area contributed by atoms with Crippen molar-refractivity contribution in [1.82, 2.24) is 9.55 Å². The summed E-state index contributed by atoms with van der Waals surface area (Å²) in [6, 6.07) is 6.92. The lowest BCUT2D eigenvalue weighted by atomic mass is 10.1. The molecule has 1 aromatic heterocycles. The van der Waals surface area contributed by atoms with Gasteiger partial charge in [-0.3, -0.25) is 4.79 Å². The second-order valence-electron chi connectivity index (χ2n) is 3.34. The molecule has 4 heteroatoms. The van der Waals surface area contributed by atoms with E-state index in [2.05, 4.69) is 4.98 Å². The van der Waals surface area contributed by atoms with Gasteiger partial charge in [-0.05, 0) is 12.1 Å². The van der Waals surface area contributed by atoms with E-state index in [-0.39, 0.29) is 5.78 Å². The molecule has 2 N–H and O–H groups in total. The molecule has 0 atom stereocenters. The summed E-state index contributed by atoms with van der Waals surface area (Å²) < 4.78 is 1.69. The fourth-order valence-corrected chi connectivity index (χ4v) is 1.40. The second kappa shape index (κ2) is 3.57. The van der Waals surface area contributed by atoms with Gasteiger partial charge >= 0.3 is 0 Å². The number of carbonyl (C=O) groups excluding carboxylic acids is 1. The fourth-order valence-electron chi connectivity index (χ4n) is 1.40. The summed E-state index contributed by atoms with van der Waals surface area (Å²) in [6.07, 6.45) is 3.14. The van der Waals surface area contributed by atoms with Crippen LogP contribution in [0, 0.1) is 0 Å². The Labute approximate surface area is 87.4 Å². The molecule has 1 aromatic carbocycles. The first kappa shape index (κ1) is 9.45. The third-order valence-electron chi connectivity index (χ3n) is 2.20. The van der Waals surface area contributed by atoms with Crippen LogP contribution >= 0.6 is 0 Å². The van der Waals surface area contributed by atoms with Crippen LogP contribution in [-0.4, -0.2) is 15.3 Å². The van der Waals surface area contributed by atoms with E-state index in [0.29, 0.717) is 16.9 Å². The van der Waals surface area contributed by atoms with Crippen LogP contribution < -0.4 is 5.73 Å². The van der Waals surface area contributed by atoms with Crippen molar-refractivity contribution in [3.05, 3.63) is 48.0 Å². The molecule has 0 spiro atoms. The van der Waals surface area contributed by atoms with Crippen LogP contribution in [0.5, 0.6) is 0 Å². The molecule has 0 aliphatic rings. The summed E-state index contributed by atoms with van der Waals surface area (Å²) in [6.45, 7) is 0. The van der Waals surface area contributed by atoms with E-state index in [9.17, 15) is 4.79 Å². The molecular formula is C11H11N3O. The van der Waals surface area contributed by atoms with E-state index in [1.54, 1.807) is 48.4 Å². The maximum Gasteiger partial charge on any atom is 0.211 e. The molecule has 0 radical (unpaired) electrons. The number of nitrogens with zero attached hydrogens (tertiary/aromatic N) is 2. The molecule has 2 aromatic rings. The standard InChI is InChI=1S/C11H11N3O/c1-14-7-13-6-10(14)11(15)8-3-2-4-9(12)5-8/h2-7H,12H2,1H3. The Balaban J connectivity index is 2.41. The Bertz CT molecular complexity index is 502. The van der Waals surface area contributed by atoms with Gasteiger partial charge in [0.15, 0.2) is 0 Å². The predicted octanol–water partition coefficient (Wildman–Crippen LogP) is 1.23. The zero-order valence-electron chi connectivity index (χ0n) is 8.34. The van der Waals surface area contributed by atoms with Crippen molar-refractivity contribution in [3.63, 3.8) is 0 Å². The first-order valence-corrected chi connectivity index (χ1v) is 4.55. The number of imidazole rings is 1. The Morgan fingerprint density at radius 1 is 1.47 bits per heavy atom. The molecule has 0 fully saturated rings. The average Bonchev–Trinajstić information content (AvgIpc) is 2.63. The predicted molar refractivity (Wildman–Crippen MR) is 57.5 cm³/mol. The van der Waals surface area contributed by atoms with Gasteiger partial charge in [0, 0.05) is 18.3 Å². The highest BCUT2D eigenvalue weighted by Crippen LogP contribution is 2.11. The highest BCUT2D eigenvalue weighted by Gasteiger charge is 2.12. The molecule has 0 aliphatic heterocycles. The van der Waals surface area contributed by atoms with Crippen molar-refractivity contribution >= 4 is 11.5 Å². The number of ketones is 1. The number of aryl methyl sites for hydroxylation is 1. The SMILES string of the molecule is Cn1cncc1C(=O)c1cccc(N)c1. The maximum absolute atomic E-state index is 12.0. The van der Waals surface area contributed by atoms with Crippen LogP contribution in [0.1, 0.15) is 16.1 Å². The van der Waals surface area contributed by atoms with Crippen molar-refractivity contribution in [2.45, 2.75) is 0 Å². The van der Waals surface area contributed by atoms with Crippen molar-refractivity contribution in [2.75, 3.05) is 5.73 Å². The number of nitrogen functional groups attached to an aromatic ring is 1. The van der Waals surface area contributed by atoms with Crippen LogP contribution in [0.3, 0.4) is 0 Å². The quantitative estimate of drug-likeness (QED) is 0.587. The van der Waals surface area contributed by atoms with E-state index in [4.69, 9.17) is 5.73 Å². The van der Waals surface area contributed by atoms with Crippen LogP contribution in [0.25, 0.3) is 0 Å². The summed E-state index contributed by atoms with van der Waals surface area (Å²) in [7, 11) is 1.78. The van der Waals surface area contributed by atoms with Gasteiger partial charge in [-0.25, -0.2) is 4.98 Å². The molecule has 1 heterocycles. The molecule has 2 rings (SSSR count). The minimum atomic E-state index is -0.0673. The minimum Gasteiger partial charge on any atom is -0.399 e. The molecule has 0 aliphatic carbocycles. The van der Waals surface area contributed by atoms with Gasteiger partial charge in [-0.1, -0.05) is 12.1 Å². The molecule has 0 bridgehead atoms. The van der Waals surface area contributed by atoms with Gasteiger partial charge in [-0.15, -0.1) is 0 Å². The monoisotopic (exact) mass is 201 g/mol. The average molecular weight is 201 g/mol. The minimum absolute atomic E-state index is 0.0673. The number of rotatable bonds is 2. The lowest BCUT2D eigenvalue weighted by Gasteiger charge is -2.02. The van der Waals surface area contributed by atoms with Gasteiger partial charge < -0.3 is 10.3 Å². The summed E-state index contributed by atoms with van der Waals surface area (Å²) in [5, 5.41) is 0. The molecule has 0 unspecified atom stereocenters. The molecule has 0 saturated carbocycles. The topological polar surface area (TPSA) is 60.9 Å². The maximum atomic E-state index is 12.0. The van der Waals surface area contributed by atoms with Gasteiger partial charge in [-0.2, -0.15) is 0 Å². The third kappa shape index (κ3) is 1.74. The zero-order valence-corrected chi connectivity index (χ0v) is 8.34. The zero-order chi connectivity index (χ0) is 10.8. The number of anilines is 1. The number of benzene rings is 1. The lowest BCUT2D eigenvalue weighted by molar-refractivity contribution is 0.103. The first-order chi connectivity index (χ1) is 7.18. The van der Waals surface area contributed by atoms with Gasteiger partial charge in [0.2, 0.25) is 5.78 Å². The molecule has 4 nitrogen and oxygen atoms in total. The number of carbonyl (C=O) groups is 1. The van der Waals surface area contributed by atoms with Crippen LogP contribution in [0.15, 0.2) is 36.8 Å². The van der Waals surface area contributed by atoms with Gasteiger partial charge in [0.1, 0.15) is 5.69 Å². The van der Waals surface area contributed by atoms with Crippen LogP contribution in [-0.2, 0) is 7.05 Å². The first-order valence-electron chi connectivity index (χ1n) is 4.55. The van der Waals surface area contributed by atoms with Crippen molar-refractivity contribution in [1.29, 1.82) is 0 Å². The smallest absolute Gasteiger partial charge is 0.211 e. The normalized spacial score (nSPS) is 10.2. The highest BCUT2D eigenvalue weighted by atomic mass is 16.1. The van der Waals surface area contributed by atoms with Gasteiger partial charge in [0.05, 0.1) is 12.5 Å². The van der Waals surface area contributed by atoms with Crippen molar-refractivity contribution < 1.29 is 4.79 Å². The van der Waals surface area contributed by atoms with E-state index in [1.165, 1.54) is 0 Å². The number of nitrogens with two attached hydrogens (primary N) is 1. The highest BCUT2D eigenvalue weighted by molar-refractivity contribution is 6.08. The Morgan fingerprint density at radius 3 is 2.87 bits per heavy atom. The summed E-state index contributed by atoms with van der Waals surface area (Å²) in [5.74, 6) is -0.0673. The van der Waals surface area contributed by atoms with E-state index >= 15 is 0 Å². The Kier molecular flexibility index (Phi) is 2.25. The molecule has 76 valence electrons. The molecule has 0 amide bonds. The number of hydrogen-bond acceptors (Lipinski definition) is 3. The van der Waals surface area contributed by atoms with Gasteiger partial charge in [0.25, 0.3) is 0 Å². The summed E-state index contributed by atoms with van der Waals surface area (Å²) in [5.41, 5.74) is 7.34. The Hall–Kier alpha value is -2.10. The summed E-state index contributed by atoms with van der Waals surface area (Å²) in [4.78, 5) is 15.9. The van der Waals surface area contributed by atoms with Crippen LogP contribution in [0.2, 0.25) is 0 Å². The number of aromatic nitrogens is 2. The third-order valence-corrected chi connectivity index (χ3v) is 2.20. The van der Waals surface area contributed by atoms with Crippen molar-refractivity contribution in [3.8, 4) is 0 Å². The summed E-state index contributed by atoms with van der Waals surface area (Å²) >= 11 is 0. The van der Waals surface area contributed by atoms with E-state index in [1.807, 2.05) is 0 Å². The van der Waals surface area contributed by atoms with E-state index < -0.39 is 0 Å². The van der Waals surface area contributed by atoms with E-state index in [0.717, 1.165) is 0 Å².